The van der Waals surface area contributed by atoms with Crippen LogP contribution in [-0.4, -0.2) is 48.0 Å². The number of H-pyrrole nitrogens is 1. The molecular weight excluding hydrogens is 300 g/mol. The monoisotopic (exact) mass is 328 g/mol. The third kappa shape index (κ3) is 4.69. The molecule has 5 heteroatoms. The highest BCUT2D eigenvalue weighted by atomic mass is 16.1. The third-order valence-electron chi connectivity index (χ3n) is 4.20. The largest absolute Gasteiger partial charge is 0.385 e. The van der Waals surface area contributed by atoms with Gasteiger partial charge in [0.2, 0.25) is 0 Å². The van der Waals surface area contributed by atoms with Crippen molar-refractivity contribution in [3.63, 3.8) is 0 Å². The van der Waals surface area contributed by atoms with Crippen LogP contribution < -0.4 is 11.2 Å². The first kappa shape index (κ1) is 18.2. The number of piperazine rings is 1. The number of rotatable bonds is 3. The normalized spacial score (nSPS) is 15.6. The predicted octanol–water partition coefficient (Wildman–Crippen LogP) is 2.40. The zero-order valence-corrected chi connectivity index (χ0v) is 14.9. The van der Waals surface area contributed by atoms with Crippen molar-refractivity contribution in [1.29, 1.82) is 0 Å². The fourth-order valence-corrected chi connectivity index (χ4v) is 2.77. The Morgan fingerprint density at radius 1 is 1.08 bits per heavy atom. The molecule has 0 bridgehead atoms. The maximum absolute atomic E-state index is 12.0. The van der Waals surface area contributed by atoms with Gasteiger partial charge >= 0.3 is 0 Å². The van der Waals surface area contributed by atoms with Crippen LogP contribution >= 0.6 is 0 Å². The Kier molecular flexibility index (Phi) is 6.58. The number of hydrogen-bond donors (Lipinski definition) is 2. The standard InChI is InChI=1S/C17H22N4O.C2H6/c1-20-6-8-21(9-7-20)12-13-2-4-14(5-3-13)15-11-19-17(18)10-16(15)22;1-2/h2-5,10-11H,6-9,12H2,1H3,(H3,18,19,22);1-2H3. The lowest BCUT2D eigenvalue weighted by Crippen LogP contribution is -2.43. The summed E-state index contributed by atoms with van der Waals surface area (Å²) in [5, 5.41) is 0. The van der Waals surface area contributed by atoms with Crippen LogP contribution in [0.5, 0.6) is 0 Å². The average Bonchev–Trinajstić information content (AvgIpc) is 2.60. The molecule has 1 fully saturated rings. The smallest absolute Gasteiger partial charge is 0.191 e. The molecule has 2 aromatic rings. The van der Waals surface area contributed by atoms with E-state index in [1.807, 2.05) is 26.0 Å². The van der Waals surface area contributed by atoms with Gasteiger partial charge in [-0.15, -0.1) is 0 Å². The van der Waals surface area contributed by atoms with Crippen molar-refractivity contribution in [3.05, 3.63) is 52.3 Å². The second-order valence-electron chi connectivity index (χ2n) is 5.94. The van der Waals surface area contributed by atoms with Gasteiger partial charge in [-0.05, 0) is 18.2 Å². The van der Waals surface area contributed by atoms with E-state index < -0.39 is 0 Å². The summed E-state index contributed by atoms with van der Waals surface area (Å²) in [5.41, 5.74) is 8.38. The van der Waals surface area contributed by atoms with Crippen molar-refractivity contribution in [2.75, 3.05) is 39.0 Å². The molecule has 0 radical (unpaired) electrons. The molecule has 3 N–H and O–H groups in total. The highest BCUT2D eigenvalue weighted by Crippen LogP contribution is 2.17. The van der Waals surface area contributed by atoms with E-state index in [0.717, 1.165) is 38.3 Å². The van der Waals surface area contributed by atoms with Gasteiger partial charge in [-0.1, -0.05) is 38.1 Å². The summed E-state index contributed by atoms with van der Waals surface area (Å²) in [6.45, 7) is 9.43. The highest BCUT2D eigenvalue weighted by molar-refractivity contribution is 5.63. The summed E-state index contributed by atoms with van der Waals surface area (Å²) in [7, 11) is 2.16. The fourth-order valence-electron chi connectivity index (χ4n) is 2.77. The van der Waals surface area contributed by atoms with E-state index in [9.17, 15) is 4.79 Å². The predicted molar refractivity (Wildman–Crippen MR) is 101 cm³/mol. The van der Waals surface area contributed by atoms with E-state index in [0.29, 0.717) is 11.4 Å². The van der Waals surface area contributed by atoms with Gasteiger partial charge in [0.15, 0.2) is 5.43 Å². The van der Waals surface area contributed by atoms with Crippen LogP contribution in [0.1, 0.15) is 19.4 Å². The Hall–Kier alpha value is -2.11. The van der Waals surface area contributed by atoms with E-state index in [2.05, 4.69) is 34.0 Å². The summed E-state index contributed by atoms with van der Waals surface area (Å²) in [6.07, 6.45) is 1.67. The van der Waals surface area contributed by atoms with Gasteiger partial charge in [0, 0.05) is 50.6 Å². The van der Waals surface area contributed by atoms with Crippen molar-refractivity contribution < 1.29 is 0 Å². The molecule has 1 aliphatic rings. The van der Waals surface area contributed by atoms with Crippen LogP contribution in [0, 0.1) is 0 Å². The molecule has 5 nitrogen and oxygen atoms in total. The number of hydrogen-bond acceptors (Lipinski definition) is 4. The molecule has 0 amide bonds. The molecule has 0 atom stereocenters. The van der Waals surface area contributed by atoms with Crippen molar-refractivity contribution in [3.8, 4) is 11.1 Å². The molecule has 1 aromatic heterocycles. The molecule has 3 rings (SSSR count). The molecule has 1 aliphatic heterocycles. The number of anilines is 1. The molecule has 0 saturated carbocycles. The first-order chi connectivity index (χ1) is 11.6. The maximum atomic E-state index is 12.0. The number of aromatic nitrogens is 1. The molecule has 0 spiro atoms. The summed E-state index contributed by atoms with van der Waals surface area (Å²) in [4.78, 5) is 19.7. The van der Waals surface area contributed by atoms with Crippen LogP contribution in [0.2, 0.25) is 0 Å². The van der Waals surface area contributed by atoms with Crippen LogP contribution in [0.3, 0.4) is 0 Å². The van der Waals surface area contributed by atoms with E-state index in [1.54, 1.807) is 6.20 Å². The molecule has 24 heavy (non-hydrogen) atoms. The number of likely N-dealkylation sites (N-methyl/N-ethyl adjacent to an activating group) is 1. The number of nitrogens with one attached hydrogen (secondary N) is 1. The Bertz CT molecular complexity index is 685. The number of aromatic amines is 1. The van der Waals surface area contributed by atoms with Crippen molar-refractivity contribution in [2.24, 2.45) is 0 Å². The lowest BCUT2D eigenvalue weighted by molar-refractivity contribution is 0.148. The molecule has 1 aromatic carbocycles. The molecule has 2 heterocycles. The maximum Gasteiger partial charge on any atom is 0.191 e. The first-order valence-electron chi connectivity index (χ1n) is 8.60. The Balaban J connectivity index is 0.00000100. The average molecular weight is 328 g/mol. The molecule has 130 valence electrons. The topological polar surface area (TPSA) is 65.4 Å². The number of nitrogens with two attached hydrogens (primary N) is 1. The molecule has 0 unspecified atom stereocenters. The zero-order chi connectivity index (χ0) is 17.5. The van der Waals surface area contributed by atoms with Gasteiger partial charge in [-0.3, -0.25) is 9.69 Å². The quantitative estimate of drug-likeness (QED) is 0.908. The summed E-state index contributed by atoms with van der Waals surface area (Å²) in [6, 6.07) is 9.64. The lowest BCUT2D eigenvalue weighted by atomic mass is 10.0. The molecule has 1 saturated heterocycles. The Morgan fingerprint density at radius 2 is 1.71 bits per heavy atom. The minimum atomic E-state index is -0.0527. The van der Waals surface area contributed by atoms with Crippen molar-refractivity contribution in [2.45, 2.75) is 20.4 Å². The van der Waals surface area contributed by atoms with Crippen molar-refractivity contribution in [1.82, 2.24) is 14.8 Å². The van der Waals surface area contributed by atoms with Gasteiger partial charge in [0.05, 0.1) is 0 Å². The summed E-state index contributed by atoms with van der Waals surface area (Å²) < 4.78 is 0. The fraction of sp³-hybridized carbons (Fsp3) is 0.421. The van der Waals surface area contributed by atoms with Crippen LogP contribution in [0.15, 0.2) is 41.3 Å². The summed E-state index contributed by atoms with van der Waals surface area (Å²) >= 11 is 0. The SMILES string of the molecule is CC.CN1CCN(Cc2ccc(-c3c[nH]c(N)cc3=O)cc2)CC1. The van der Waals surface area contributed by atoms with Gasteiger partial charge < -0.3 is 15.6 Å². The number of benzene rings is 1. The van der Waals surface area contributed by atoms with E-state index in [1.165, 1.54) is 11.6 Å². The first-order valence-corrected chi connectivity index (χ1v) is 8.60. The number of nitrogens with zero attached hydrogens (tertiary/aromatic N) is 2. The van der Waals surface area contributed by atoms with Gasteiger partial charge in [0.25, 0.3) is 0 Å². The number of nitrogen functional groups attached to an aromatic ring is 1. The second-order valence-corrected chi connectivity index (χ2v) is 5.94. The van der Waals surface area contributed by atoms with Crippen molar-refractivity contribution >= 4 is 5.82 Å². The summed E-state index contributed by atoms with van der Waals surface area (Å²) in [5.74, 6) is 0.389. The van der Waals surface area contributed by atoms with Crippen LogP contribution in [0.4, 0.5) is 5.82 Å². The minimum Gasteiger partial charge on any atom is -0.385 e. The Morgan fingerprint density at radius 3 is 2.29 bits per heavy atom. The van der Waals surface area contributed by atoms with E-state index in [4.69, 9.17) is 5.73 Å². The minimum absolute atomic E-state index is 0.0527. The lowest BCUT2D eigenvalue weighted by Gasteiger charge is -2.32. The Labute approximate surface area is 144 Å². The second kappa shape index (κ2) is 8.66. The van der Waals surface area contributed by atoms with E-state index >= 15 is 0 Å². The number of pyridine rings is 1. The third-order valence-corrected chi connectivity index (χ3v) is 4.20. The molecule has 0 aliphatic carbocycles. The van der Waals surface area contributed by atoms with Crippen LogP contribution in [-0.2, 0) is 6.54 Å². The van der Waals surface area contributed by atoms with Gasteiger partial charge in [-0.25, -0.2) is 0 Å². The molecular formula is C19H28N4O. The zero-order valence-electron chi connectivity index (χ0n) is 14.9. The highest BCUT2D eigenvalue weighted by Gasteiger charge is 2.13. The van der Waals surface area contributed by atoms with Gasteiger partial charge in [-0.2, -0.15) is 0 Å². The van der Waals surface area contributed by atoms with Gasteiger partial charge in [0.1, 0.15) is 5.82 Å². The van der Waals surface area contributed by atoms with E-state index in [-0.39, 0.29) is 5.43 Å². The van der Waals surface area contributed by atoms with Crippen LogP contribution in [0.25, 0.3) is 11.1 Å².